The molecule has 1 amide bonds. The van der Waals surface area contributed by atoms with Crippen molar-refractivity contribution in [3.63, 3.8) is 0 Å². The third-order valence-corrected chi connectivity index (χ3v) is 2.95. The molecule has 1 aromatic rings. The van der Waals surface area contributed by atoms with Gasteiger partial charge in [0.2, 0.25) is 6.35 Å². The van der Waals surface area contributed by atoms with Gasteiger partial charge < -0.3 is 20.1 Å². The monoisotopic (exact) mass is 277 g/mol. The molecule has 6 heteroatoms. The van der Waals surface area contributed by atoms with Gasteiger partial charge in [-0.2, -0.15) is 0 Å². The van der Waals surface area contributed by atoms with Crippen LogP contribution in [0.15, 0.2) is 36.2 Å². The summed E-state index contributed by atoms with van der Waals surface area (Å²) in [6, 6.07) is 7.41. The molecule has 0 radical (unpaired) electrons. The molecule has 20 heavy (non-hydrogen) atoms. The summed E-state index contributed by atoms with van der Waals surface area (Å²) in [7, 11) is 5.23. The van der Waals surface area contributed by atoms with Crippen LogP contribution in [0.2, 0.25) is 0 Å². The number of amides is 1. The minimum absolute atomic E-state index is 0.228. The van der Waals surface area contributed by atoms with Gasteiger partial charge in [0.25, 0.3) is 5.91 Å². The number of aliphatic hydroxyl groups is 1. The van der Waals surface area contributed by atoms with E-state index in [-0.39, 0.29) is 5.91 Å². The van der Waals surface area contributed by atoms with Crippen LogP contribution in [0.5, 0.6) is 5.75 Å². The lowest BCUT2D eigenvalue weighted by atomic mass is 10.2. The van der Waals surface area contributed by atoms with Crippen molar-refractivity contribution >= 4 is 5.91 Å². The Hall–Kier alpha value is -2.21. The maximum Gasteiger partial charge on any atom is 0.275 e. The third-order valence-electron chi connectivity index (χ3n) is 2.95. The summed E-state index contributed by atoms with van der Waals surface area (Å²) < 4.78 is 5.15. The van der Waals surface area contributed by atoms with E-state index in [1.54, 1.807) is 18.2 Å². The van der Waals surface area contributed by atoms with Crippen LogP contribution >= 0.6 is 0 Å². The van der Waals surface area contributed by atoms with E-state index in [0.717, 1.165) is 11.3 Å². The highest BCUT2D eigenvalue weighted by Crippen LogP contribution is 2.19. The first-order chi connectivity index (χ1) is 9.51. The molecule has 1 unspecified atom stereocenters. The normalized spacial score (nSPS) is 20.2. The Morgan fingerprint density at radius 1 is 1.50 bits per heavy atom. The van der Waals surface area contributed by atoms with E-state index < -0.39 is 6.35 Å². The second-order valence-corrected chi connectivity index (χ2v) is 4.81. The molecule has 108 valence electrons. The Bertz CT molecular complexity index is 528. The van der Waals surface area contributed by atoms with Gasteiger partial charge in [0, 0.05) is 20.3 Å². The van der Waals surface area contributed by atoms with Crippen molar-refractivity contribution < 1.29 is 14.6 Å². The minimum Gasteiger partial charge on any atom is -0.497 e. The lowest BCUT2D eigenvalue weighted by Gasteiger charge is -2.19. The molecule has 1 aliphatic heterocycles. The molecule has 1 atom stereocenters. The number of hydrogen-bond acceptors (Lipinski definition) is 5. The lowest BCUT2D eigenvalue weighted by Crippen LogP contribution is -2.36. The van der Waals surface area contributed by atoms with E-state index in [2.05, 4.69) is 5.32 Å². The molecule has 1 fully saturated rings. The predicted molar refractivity (Wildman–Crippen MR) is 74.5 cm³/mol. The Balaban J connectivity index is 2.15. The molecule has 1 aliphatic rings. The number of ether oxygens (including phenoxy) is 1. The van der Waals surface area contributed by atoms with Gasteiger partial charge in [-0.15, -0.1) is 0 Å². The summed E-state index contributed by atoms with van der Waals surface area (Å²) in [6.07, 6.45) is 0.636. The summed E-state index contributed by atoms with van der Waals surface area (Å²) in [5.41, 5.74) is 1.27. The first-order valence-corrected chi connectivity index (χ1v) is 6.28. The van der Waals surface area contributed by atoms with Gasteiger partial charge in [-0.1, -0.05) is 12.1 Å². The van der Waals surface area contributed by atoms with Crippen LogP contribution in [0.1, 0.15) is 5.56 Å². The average molecular weight is 277 g/mol. The van der Waals surface area contributed by atoms with Crippen LogP contribution < -0.4 is 10.1 Å². The highest BCUT2D eigenvalue weighted by Gasteiger charge is 2.33. The molecular formula is C14H19N3O3. The fourth-order valence-electron chi connectivity index (χ4n) is 2.02. The highest BCUT2D eigenvalue weighted by atomic mass is 16.5. The van der Waals surface area contributed by atoms with Crippen molar-refractivity contribution in [3.05, 3.63) is 41.7 Å². The number of carbonyl (C=O) groups excluding carboxylic acids is 1. The van der Waals surface area contributed by atoms with Crippen molar-refractivity contribution in [2.45, 2.75) is 12.9 Å². The van der Waals surface area contributed by atoms with Gasteiger partial charge >= 0.3 is 0 Å². The van der Waals surface area contributed by atoms with Crippen molar-refractivity contribution in [1.29, 1.82) is 0 Å². The van der Waals surface area contributed by atoms with Crippen LogP contribution in [0.3, 0.4) is 0 Å². The summed E-state index contributed by atoms with van der Waals surface area (Å²) in [5, 5.41) is 12.7. The zero-order valence-electron chi connectivity index (χ0n) is 11.8. The quantitative estimate of drug-likeness (QED) is 0.775. The Morgan fingerprint density at radius 3 is 2.90 bits per heavy atom. The maximum atomic E-state index is 12.2. The van der Waals surface area contributed by atoms with Gasteiger partial charge in [-0.3, -0.25) is 9.69 Å². The molecule has 0 spiro atoms. The fraction of sp³-hybridized carbons (Fsp3) is 0.357. The van der Waals surface area contributed by atoms with E-state index >= 15 is 0 Å². The molecule has 6 nitrogen and oxygen atoms in total. The highest BCUT2D eigenvalue weighted by molar-refractivity contribution is 5.94. The molecule has 0 aliphatic carbocycles. The maximum absolute atomic E-state index is 12.2. The van der Waals surface area contributed by atoms with E-state index in [0.29, 0.717) is 12.2 Å². The Kier molecular flexibility index (Phi) is 4.14. The molecule has 2 N–H and O–H groups in total. The number of rotatable bonds is 4. The summed E-state index contributed by atoms with van der Waals surface area (Å²) in [4.78, 5) is 15.3. The number of benzene rings is 1. The van der Waals surface area contributed by atoms with E-state index in [4.69, 9.17) is 4.74 Å². The SMILES string of the molecule is COc1cccc(CN2C(=O)/C(=C/N(C)C)NC2O)c1. The van der Waals surface area contributed by atoms with Gasteiger partial charge in [0.15, 0.2) is 0 Å². The minimum atomic E-state index is -1.01. The number of nitrogens with one attached hydrogen (secondary N) is 1. The Labute approximate surface area is 118 Å². The van der Waals surface area contributed by atoms with Crippen LogP contribution in [0.25, 0.3) is 0 Å². The van der Waals surface area contributed by atoms with Gasteiger partial charge in [0.1, 0.15) is 11.4 Å². The van der Waals surface area contributed by atoms with Crippen molar-refractivity contribution in [3.8, 4) is 5.75 Å². The van der Waals surface area contributed by atoms with E-state index in [9.17, 15) is 9.90 Å². The second kappa shape index (κ2) is 5.83. The first-order valence-electron chi connectivity index (χ1n) is 6.28. The number of nitrogens with zero attached hydrogens (tertiary/aromatic N) is 2. The number of hydrogen-bond donors (Lipinski definition) is 2. The first kappa shape index (κ1) is 14.2. The van der Waals surface area contributed by atoms with Crippen molar-refractivity contribution in [1.82, 2.24) is 15.1 Å². The molecule has 2 rings (SSSR count). The molecule has 1 aromatic carbocycles. The summed E-state index contributed by atoms with van der Waals surface area (Å²) in [6.45, 7) is 0.314. The number of aliphatic hydroxyl groups excluding tert-OH is 1. The molecule has 1 saturated heterocycles. The third kappa shape index (κ3) is 3.03. The lowest BCUT2D eigenvalue weighted by molar-refractivity contribution is -0.132. The zero-order chi connectivity index (χ0) is 14.7. The molecule has 1 heterocycles. The predicted octanol–water partition coefficient (Wildman–Crippen LogP) is 0.306. The summed E-state index contributed by atoms with van der Waals surface area (Å²) in [5.74, 6) is 0.495. The smallest absolute Gasteiger partial charge is 0.275 e. The topological polar surface area (TPSA) is 65.0 Å². The molecule has 0 saturated carbocycles. The van der Waals surface area contributed by atoms with Gasteiger partial charge in [-0.05, 0) is 17.7 Å². The Morgan fingerprint density at radius 2 is 2.25 bits per heavy atom. The van der Waals surface area contributed by atoms with Crippen molar-refractivity contribution in [2.75, 3.05) is 21.2 Å². The standard InChI is InChI=1S/C14H19N3O3/c1-16(2)9-12-13(18)17(14(19)15-12)8-10-5-4-6-11(7-10)20-3/h4-7,9,14-15,19H,8H2,1-3H3/b12-9-. The molecule has 0 aromatic heterocycles. The van der Waals surface area contributed by atoms with Gasteiger partial charge in [0.05, 0.1) is 13.7 Å². The molecule has 0 bridgehead atoms. The fourth-order valence-corrected chi connectivity index (χ4v) is 2.02. The van der Waals surface area contributed by atoms with Crippen LogP contribution in [0.4, 0.5) is 0 Å². The van der Waals surface area contributed by atoms with Crippen LogP contribution in [0, 0.1) is 0 Å². The molecular weight excluding hydrogens is 258 g/mol. The zero-order valence-corrected chi connectivity index (χ0v) is 11.8. The van der Waals surface area contributed by atoms with Crippen LogP contribution in [-0.2, 0) is 11.3 Å². The summed E-state index contributed by atoms with van der Waals surface area (Å²) >= 11 is 0. The van der Waals surface area contributed by atoms with E-state index in [1.807, 2.05) is 38.4 Å². The average Bonchev–Trinajstić information content (AvgIpc) is 2.66. The number of methoxy groups -OCH3 is 1. The van der Waals surface area contributed by atoms with E-state index in [1.165, 1.54) is 4.90 Å². The number of carbonyl (C=O) groups is 1. The largest absolute Gasteiger partial charge is 0.497 e. The van der Waals surface area contributed by atoms with Gasteiger partial charge in [-0.25, -0.2) is 0 Å². The van der Waals surface area contributed by atoms with Crippen LogP contribution in [-0.4, -0.2) is 48.4 Å². The van der Waals surface area contributed by atoms with Crippen molar-refractivity contribution in [2.24, 2.45) is 0 Å². The second-order valence-electron chi connectivity index (χ2n) is 4.81.